The van der Waals surface area contributed by atoms with E-state index in [4.69, 9.17) is 12.2 Å². The van der Waals surface area contributed by atoms with Gasteiger partial charge in [-0.05, 0) is 13.1 Å². The van der Waals surface area contributed by atoms with Crippen molar-refractivity contribution in [2.75, 3.05) is 13.1 Å². The van der Waals surface area contributed by atoms with Crippen molar-refractivity contribution in [2.24, 2.45) is 0 Å². The van der Waals surface area contributed by atoms with Gasteiger partial charge in [-0.25, -0.2) is 9.97 Å². The van der Waals surface area contributed by atoms with Crippen LogP contribution in [0.2, 0.25) is 0 Å². The van der Waals surface area contributed by atoms with Gasteiger partial charge in [0.05, 0.1) is 19.3 Å². The SMILES string of the molecule is CCN(CC)Cn1cnc2c(=S)nc[nH]c21. The summed E-state index contributed by atoms with van der Waals surface area (Å²) in [7, 11) is 0. The Balaban J connectivity index is 2.39. The van der Waals surface area contributed by atoms with E-state index in [1.54, 1.807) is 12.7 Å². The first-order valence-corrected chi connectivity index (χ1v) is 5.78. The molecule has 0 spiro atoms. The number of hydrogen-bond acceptors (Lipinski definition) is 4. The average molecular weight is 237 g/mol. The van der Waals surface area contributed by atoms with Crippen LogP contribution in [0.15, 0.2) is 12.7 Å². The van der Waals surface area contributed by atoms with Crippen LogP contribution in [0, 0.1) is 4.64 Å². The highest BCUT2D eigenvalue weighted by molar-refractivity contribution is 7.71. The van der Waals surface area contributed by atoms with Crippen LogP contribution in [0.1, 0.15) is 13.8 Å². The molecule has 0 aliphatic rings. The lowest BCUT2D eigenvalue weighted by molar-refractivity contribution is 0.245. The average Bonchev–Trinajstić information content (AvgIpc) is 2.71. The smallest absolute Gasteiger partial charge is 0.157 e. The second-order valence-corrected chi connectivity index (χ2v) is 3.95. The van der Waals surface area contributed by atoms with Crippen molar-refractivity contribution in [1.29, 1.82) is 0 Å². The number of imidazole rings is 1. The second-order valence-electron chi connectivity index (χ2n) is 3.56. The van der Waals surface area contributed by atoms with E-state index < -0.39 is 0 Å². The van der Waals surface area contributed by atoms with Crippen molar-refractivity contribution in [3.63, 3.8) is 0 Å². The van der Waals surface area contributed by atoms with Crippen LogP contribution in [0.3, 0.4) is 0 Å². The van der Waals surface area contributed by atoms with Gasteiger partial charge >= 0.3 is 0 Å². The van der Waals surface area contributed by atoms with Crippen LogP contribution in [0.25, 0.3) is 11.2 Å². The Hall–Kier alpha value is -1.27. The summed E-state index contributed by atoms with van der Waals surface area (Å²) in [5, 5.41) is 0. The number of hydrogen-bond donors (Lipinski definition) is 1. The molecule has 0 aromatic carbocycles. The topological polar surface area (TPSA) is 49.7 Å². The first-order valence-electron chi connectivity index (χ1n) is 5.37. The van der Waals surface area contributed by atoms with Crippen LogP contribution in [0.4, 0.5) is 0 Å². The fraction of sp³-hybridized carbons (Fsp3) is 0.500. The van der Waals surface area contributed by atoms with Crippen LogP contribution in [-0.2, 0) is 6.67 Å². The maximum atomic E-state index is 5.12. The van der Waals surface area contributed by atoms with Gasteiger partial charge in [0.15, 0.2) is 4.64 Å². The number of aromatic nitrogens is 4. The van der Waals surface area contributed by atoms with Gasteiger partial charge in [-0.3, -0.25) is 4.90 Å². The Morgan fingerprint density at radius 1 is 1.38 bits per heavy atom. The Kier molecular flexibility index (Phi) is 3.31. The molecule has 0 atom stereocenters. The van der Waals surface area contributed by atoms with Crippen molar-refractivity contribution in [3.8, 4) is 0 Å². The van der Waals surface area contributed by atoms with Crippen molar-refractivity contribution in [1.82, 2.24) is 24.4 Å². The van der Waals surface area contributed by atoms with Gasteiger partial charge in [-0.15, -0.1) is 0 Å². The van der Waals surface area contributed by atoms with Crippen molar-refractivity contribution < 1.29 is 0 Å². The Morgan fingerprint density at radius 2 is 2.12 bits per heavy atom. The Bertz CT molecular complexity index is 525. The summed E-state index contributed by atoms with van der Waals surface area (Å²) in [5.41, 5.74) is 1.71. The minimum atomic E-state index is 0.548. The number of nitrogens with one attached hydrogen (secondary N) is 1. The number of aromatic amines is 1. The van der Waals surface area contributed by atoms with Crippen LogP contribution >= 0.6 is 12.2 Å². The highest BCUT2D eigenvalue weighted by atomic mass is 32.1. The lowest BCUT2D eigenvalue weighted by Crippen LogP contribution is -2.25. The molecule has 0 radical (unpaired) electrons. The maximum Gasteiger partial charge on any atom is 0.157 e. The maximum absolute atomic E-state index is 5.12. The Morgan fingerprint density at radius 3 is 2.81 bits per heavy atom. The van der Waals surface area contributed by atoms with E-state index in [9.17, 15) is 0 Å². The minimum Gasteiger partial charge on any atom is -0.330 e. The monoisotopic (exact) mass is 237 g/mol. The molecule has 0 aliphatic carbocycles. The molecule has 2 heterocycles. The van der Waals surface area contributed by atoms with E-state index in [-0.39, 0.29) is 0 Å². The van der Waals surface area contributed by atoms with Crippen molar-refractivity contribution in [2.45, 2.75) is 20.5 Å². The fourth-order valence-electron chi connectivity index (χ4n) is 1.65. The van der Waals surface area contributed by atoms with E-state index in [1.165, 1.54) is 0 Å². The molecule has 5 nitrogen and oxygen atoms in total. The van der Waals surface area contributed by atoms with Crippen molar-refractivity contribution in [3.05, 3.63) is 17.3 Å². The molecule has 2 rings (SSSR count). The lowest BCUT2D eigenvalue weighted by atomic mass is 10.5. The molecule has 2 aromatic heterocycles. The van der Waals surface area contributed by atoms with Gasteiger partial charge in [0, 0.05) is 0 Å². The third kappa shape index (κ3) is 1.98. The number of nitrogens with zero attached hydrogens (tertiary/aromatic N) is 4. The zero-order valence-corrected chi connectivity index (χ0v) is 10.3. The first-order chi connectivity index (χ1) is 7.76. The summed E-state index contributed by atoms with van der Waals surface area (Å²) in [6.45, 7) is 7.14. The predicted octanol–water partition coefficient (Wildman–Crippen LogP) is 1.79. The van der Waals surface area contributed by atoms with Crippen LogP contribution in [-0.4, -0.2) is 37.5 Å². The summed E-state index contributed by atoms with van der Waals surface area (Å²) in [5.74, 6) is 0. The van der Waals surface area contributed by atoms with Gasteiger partial charge in [0.1, 0.15) is 11.2 Å². The molecule has 16 heavy (non-hydrogen) atoms. The summed E-state index contributed by atoms with van der Waals surface area (Å²) in [4.78, 5) is 13.7. The third-order valence-electron chi connectivity index (χ3n) is 2.67. The summed E-state index contributed by atoms with van der Waals surface area (Å²) >= 11 is 5.12. The van der Waals surface area contributed by atoms with Gasteiger partial charge in [0.2, 0.25) is 0 Å². The van der Waals surface area contributed by atoms with E-state index in [2.05, 4.69) is 38.3 Å². The van der Waals surface area contributed by atoms with Gasteiger partial charge in [-0.2, -0.15) is 0 Å². The van der Waals surface area contributed by atoms with Crippen LogP contribution in [0.5, 0.6) is 0 Å². The van der Waals surface area contributed by atoms with E-state index in [0.717, 1.165) is 30.9 Å². The molecular formula is C10H15N5S. The zero-order chi connectivity index (χ0) is 11.5. The largest absolute Gasteiger partial charge is 0.330 e. The van der Waals surface area contributed by atoms with Crippen LogP contribution < -0.4 is 0 Å². The number of H-pyrrole nitrogens is 1. The van der Waals surface area contributed by atoms with Gasteiger partial charge in [0.25, 0.3) is 0 Å². The molecule has 0 fully saturated rings. The fourth-order valence-corrected chi connectivity index (χ4v) is 1.85. The van der Waals surface area contributed by atoms with Gasteiger partial charge < -0.3 is 9.55 Å². The highest BCUT2D eigenvalue weighted by Gasteiger charge is 2.06. The molecular weight excluding hydrogens is 222 g/mol. The minimum absolute atomic E-state index is 0.548. The first kappa shape index (κ1) is 11.2. The zero-order valence-electron chi connectivity index (χ0n) is 9.47. The number of rotatable bonds is 4. The normalized spacial score (nSPS) is 11.4. The molecule has 0 saturated carbocycles. The number of fused-ring (bicyclic) bond motifs is 1. The molecule has 0 saturated heterocycles. The molecule has 0 unspecified atom stereocenters. The predicted molar refractivity (Wildman–Crippen MR) is 65.6 cm³/mol. The van der Waals surface area contributed by atoms with Gasteiger partial charge in [-0.1, -0.05) is 26.1 Å². The lowest BCUT2D eigenvalue weighted by Gasteiger charge is -2.18. The van der Waals surface area contributed by atoms with Crippen molar-refractivity contribution >= 4 is 23.4 Å². The Labute approximate surface area is 99.1 Å². The molecule has 0 bridgehead atoms. The third-order valence-corrected chi connectivity index (χ3v) is 2.97. The standard InChI is InChI=1S/C10H15N5S/c1-3-14(4-2)7-15-6-13-8-9(15)11-5-12-10(8)16/h5-6H,3-4,7H2,1-2H3,(H,11,12,16). The second kappa shape index (κ2) is 4.71. The van der Waals surface area contributed by atoms with E-state index in [1.807, 2.05) is 0 Å². The summed E-state index contributed by atoms with van der Waals surface area (Å²) in [6.07, 6.45) is 3.42. The highest BCUT2D eigenvalue weighted by Crippen LogP contribution is 2.09. The molecule has 2 aromatic rings. The molecule has 0 amide bonds. The van der Waals surface area contributed by atoms with E-state index in [0.29, 0.717) is 4.64 Å². The molecule has 6 heteroatoms. The molecule has 0 aliphatic heterocycles. The quantitative estimate of drug-likeness (QED) is 0.824. The molecule has 86 valence electrons. The molecule has 1 N–H and O–H groups in total. The summed E-state index contributed by atoms with van der Waals surface area (Å²) < 4.78 is 2.60. The summed E-state index contributed by atoms with van der Waals surface area (Å²) in [6, 6.07) is 0. The van der Waals surface area contributed by atoms with E-state index >= 15 is 0 Å².